The van der Waals surface area contributed by atoms with Crippen molar-refractivity contribution in [1.29, 1.82) is 0 Å². The molecule has 1 aliphatic rings. The maximum absolute atomic E-state index is 10.9. The molecule has 1 heterocycles. The summed E-state index contributed by atoms with van der Waals surface area (Å²) in [5.74, 6) is -1.08. The summed E-state index contributed by atoms with van der Waals surface area (Å²) in [7, 11) is 0. The van der Waals surface area contributed by atoms with Crippen LogP contribution in [0.2, 0.25) is 0 Å². The van der Waals surface area contributed by atoms with Crippen LogP contribution in [-0.2, 0) is 16.0 Å². The number of nitrogens with zero attached hydrogens (tertiary/aromatic N) is 2. The van der Waals surface area contributed by atoms with Crippen LogP contribution >= 0.6 is 0 Å². The quantitative estimate of drug-likeness (QED) is 0.662. The summed E-state index contributed by atoms with van der Waals surface area (Å²) in [6, 6.07) is 4.78. The van der Waals surface area contributed by atoms with E-state index in [1.54, 1.807) is 12.1 Å². The van der Waals surface area contributed by atoms with Gasteiger partial charge in [0.05, 0.1) is 24.6 Å². The molecule has 7 nitrogen and oxygen atoms in total. The molecule has 0 bridgehead atoms. The Balaban J connectivity index is 2.35. The van der Waals surface area contributed by atoms with Crippen molar-refractivity contribution in [2.75, 3.05) is 24.7 Å². The van der Waals surface area contributed by atoms with E-state index in [9.17, 15) is 14.9 Å². The zero-order valence-electron chi connectivity index (χ0n) is 11.1. The predicted octanol–water partition coefficient (Wildman–Crippen LogP) is 1.45. The lowest BCUT2D eigenvalue weighted by molar-refractivity contribution is -0.385. The van der Waals surface area contributed by atoms with Gasteiger partial charge in [-0.25, -0.2) is 0 Å². The Morgan fingerprint density at radius 1 is 1.60 bits per heavy atom. The van der Waals surface area contributed by atoms with Crippen molar-refractivity contribution in [2.24, 2.45) is 0 Å². The van der Waals surface area contributed by atoms with E-state index in [2.05, 4.69) is 4.90 Å². The van der Waals surface area contributed by atoms with Crippen molar-refractivity contribution in [1.82, 2.24) is 0 Å². The van der Waals surface area contributed by atoms with E-state index in [1.807, 2.05) is 6.92 Å². The fraction of sp³-hybridized carbons (Fsp3) is 0.462. The van der Waals surface area contributed by atoms with Gasteiger partial charge in [-0.3, -0.25) is 14.9 Å². The van der Waals surface area contributed by atoms with Crippen molar-refractivity contribution in [3.05, 3.63) is 33.9 Å². The number of morpholine rings is 1. The van der Waals surface area contributed by atoms with Crippen LogP contribution < -0.4 is 4.90 Å². The minimum Gasteiger partial charge on any atom is -0.481 e. The van der Waals surface area contributed by atoms with E-state index < -0.39 is 10.9 Å². The van der Waals surface area contributed by atoms with Gasteiger partial charge in [0.2, 0.25) is 0 Å². The number of benzene rings is 1. The molecule has 2 rings (SSSR count). The Hall–Kier alpha value is -2.15. The smallest absolute Gasteiger partial charge is 0.308 e. The largest absolute Gasteiger partial charge is 0.481 e. The highest BCUT2D eigenvalue weighted by Crippen LogP contribution is 2.27. The first-order valence-corrected chi connectivity index (χ1v) is 6.32. The fourth-order valence-corrected chi connectivity index (χ4v) is 2.34. The third-order valence-corrected chi connectivity index (χ3v) is 3.30. The van der Waals surface area contributed by atoms with Crippen LogP contribution in [0, 0.1) is 10.1 Å². The maximum atomic E-state index is 10.9. The summed E-state index contributed by atoms with van der Waals surface area (Å²) < 4.78 is 5.35. The van der Waals surface area contributed by atoms with Gasteiger partial charge < -0.3 is 14.7 Å². The molecular weight excluding hydrogens is 264 g/mol. The fourth-order valence-electron chi connectivity index (χ4n) is 2.34. The molecule has 7 heteroatoms. The van der Waals surface area contributed by atoms with Gasteiger partial charge in [-0.2, -0.15) is 0 Å². The maximum Gasteiger partial charge on any atom is 0.308 e. The van der Waals surface area contributed by atoms with Gasteiger partial charge in [0.1, 0.15) is 0 Å². The molecule has 1 atom stereocenters. The number of carbonyl (C=O) groups is 1. The molecule has 1 saturated heterocycles. The molecular formula is C13H16N2O5. The number of rotatable bonds is 4. The first kappa shape index (κ1) is 14.3. The molecule has 0 unspecified atom stereocenters. The zero-order chi connectivity index (χ0) is 14.7. The molecule has 0 aromatic heterocycles. The number of nitro benzene ring substituents is 1. The SMILES string of the molecule is C[C@H]1COCCN1c1ccc([N+](=O)[O-])c(CC(=O)O)c1. The van der Waals surface area contributed by atoms with Crippen molar-refractivity contribution >= 4 is 17.3 Å². The second kappa shape index (κ2) is 5.87. The number of hydrogen-bond donors (Lipinski definition) is 1. The Bertz CT molecular complexity index is 531. The summed E-state index contributed by atoms with van der Waals surface area (Å²) >= 11 is 0. The zero-order valence-corrected chi connectivity index (χ0v) is 11.1. The van der Waals surface area contributed by atoms with E-state index in [0.717, 1.165) is 5.69 Å². The van der Waals surface area contributed by atoms with Crippen LogP contribution in [-0.4, -0.2) is 41.8 Å². The second-order valence-electron chi connectivity index (χ2n) is 4.76. The number of ether oxygens (including phenoxy) is 1. The number of carboxylic acid groups (broad SMARTS) is 1. The van der Waals surface area contributed by atoms with Crippen LogP contribution in [0.3, 0.4) is 0 Å². The summed E-state index contributed by atoms with van der Waals surface area (Å²) in [6.07, 6.45) is -0.358. The van der Waals surface area contributed by atoms with Gasteiger partial charge in [-0.1, -0.05) is 0 Å². The van der Waals surface area contributed by atoms with Gasteiger partial charge in [0.15, 0.2) is 0 Å². The minimum atomic E-state index is -1.08. The summed E-state index contributed by atoms with van der Waals surface area (Å²) in [6.45, 7) is 3.86. The molecule has 108 valence electrons. The Kier molecular flexibility index (Phi) is 4.19. The molecule has 20 heavy (non-hydrogen) atoms. The lowest BCUT2D eigenvalue weighted by Gasteiger charge is -2.35. The average molecular weight is 280 g/mol. The third-order valence-electron chi connectivity index (χ3n) is 3.30. The number of aliphatic carboxylic acids is 1. The first-order valence-electron chi connectivity index (χ1n) is 6.32. The Morgan fingerprint density at radius 3 is 2.95 bits per heavy atom. The van der Waals surface area contributed by atoms with E-state index in [4.69, 9.17) is 9.84 Å². The lowest BCUT2D eigenvalue weighted by Crippen LogP contribution is -2.43. The highest BCUT2D eigenvalue weighted by atomic mass is 16.6. The standard InChI is InChI=1S/C13H16N2O5/c1-9-8-20-5-4-14(9)11-2-3-12(15(18)19)10(6-11)7-13(16)17/h2-3,6,9H,4-5,7-8H2,1H3,(H,16,17)/t9-/m0/s1. The van der Waals surface area contributed by atoms with Crippen LogP contribution in [0.15, 0.2) is 18.2 Å². The van der Waals surface area contributed by atoms with Crippen molar-refractivity contribution in [3.8, 4) is 0 Å². The van der Waals surface area contributed by atoms with E-state index in [0.29, 0.717) is 19.8 Å². The Morgan fingerprint density at radius 2 is 2.35 bits per heavy atom. The molecule has 1 aromatic carbocycles. The van der Waals surface area contributed by atoms with Gasteiger partial charge in [0.25, 0.3) is 5.69 Å². The number of hydrogen-bond acceptors (Lipinski definition) is 5. The normalized spacial score (nSPS) is 18.9. The van der Waals surface area contributed by atoms with Gasteiger partial charge in [0, 0.05) is 29.9 Å². The molecule has 0 aliphatic carbocycles. The van der Waals surface area contributed by atoms with Gasteiger partial charge in [-0.05, 0) is 19.1 Å². The molecule has 0 spiro atoms. The highest BCUT2D eigenvalue weighted by molar-refractivity contribution is 5.73. The summed E-state index contributed by atoms with van der Waals surface area (Å²) in [5.41, 5.74) is 0.860. The van der Waals surface area contributed by atoms with Crippen molar-refractivity contribution < 1.29 is 19.6 Å². The topological polar surface area (TPSA) is 92.9 Å². The minimum absolute atomic E-state index is 0.155. The Labute approximate surface area is 115 Å². The van der Waals surface area contributed by atoms with Crippen LogP contribution in [0.1, 0.15) is 12.5 Å². The van der Waals surface area contributed by atoms with Crippen molar-refractivity contribution in [2.45, 2.75) is 19.4 Å². The van der Waals surface area contributed by atoms with Crippen LogP contribution in [0.4, 0.5) is 11.4 Å². The molecule has 1 N–H and O–H groups in total. The molecule has 1 aliphatic heterocycles. The van der Waals surface area contributed by atoms with Gasteiger partial charge in [-0.15, -0.1) is 0 Å². The molecule has 0 saturated carbocycles. The summed E-state index contributed by atoms with van der Waals surface area (Å²) in [4.78, 5) is 23.3. The van der Waals surface area contributed by atoms with Crippen LogP contribution in [0.5, 0.6) is 0 Å². The second-order valence-corrected chi connectivity index (χ2v) is 4.76. The highest BCUT2D eigenvalue weighted by Gasteiger charge is 2.22. The van der Waals surface area contributed by atoms with E-state index in [1.165, 1.54) is 6.07 Å². The monoisotopic (exact) mass is 280 g/mol. The molecule has 0 radical (unpaired) electrons. The van der Waals surface area contributed by atoms with Crippen LogP contribution in [0.25, 0.3) is 0 Å². The average Bonchev–Trinajstić information content (AvgIpc) is 2.38. The van der Waals surface area contributed by atoms with Gasteiger partial charge >= 0.3 is 5.97 Å². The number of nitro groups is 1. The first-order chi connectivity index (χ1) is 9.49. The van der Waals surface area contributed by atoms with E-state index in [-0.39, 0.29) is 23.7 Å². The third kappa shape index (κ3) is 3.05. The number of anilines is 1. The van der Waals surface area contributed by atoms with E-state index >= 15 is 0 Å². The predicted molar refractivity (Wildman–Crippen MR) is 72.1 cm³/mol. The molecule has 0 amide bonds. The van der Waals surface area contributed by atoms with Crippen molar-refractivity contribution in [3.63, 3.8) is 0 Å². The molecule has 1 aromatic rings. The molecule has 1 fully saturated rings. The summed E-state index contributed by atoms with van der Waals surface area (Å²) in [5, 5.41) is 19.8. The lowest BCUT2D eigenvalue weighted by atomic mass is 10.1. The number of carboxylic acids is 1.